The molecule has 1 aromatic rings. The van der Waals surface area contributed by atoms with E-state index in [0.717, 1.165) is 5.75 Å². The molecule has 1 heteroatoms. The van der Waals surface area contributed by atoms with Gasteiger partial charge in [0.15, 0.2) is 0 Å². The Morgan fingerprint density at radius 2 is 2.15 bits per heavy atom. The van der Waals surface area contributed by atoms with E-state index in [1.54, 1.807) is 0 Å². The molecular weight excluding hydrogens is 160 g/mol. The highest BCUT2D eigenvalue weighted by atomic mass is 16.5. The molecule has 68 valence electrons. The molecule has 0 N–H and O–H groups in total. The van der Waals surface area contributed by atoms with E-state index in [1.807, 2.05) is 6.08 Å². The smallest absolute Gasteiger partial charge is 0.130 e. The first kappa shape index (κ1) is 8.36. The molecule has 1 heterocycles. The van der Waals surface area contributed by atoms with Crippen LogP contribution in [0.1, 0.15) is 30.9 Å². The average molecular weight is 174 g/mol. The Labute approximate surface area is 79.0 Å². The standard InChI is InChI=1S/C12H14O/c1-9(2)11-7-3-5-10-6-4-8-13-12(10)11/h3-7,9H,8H2,1-2H3. The Morgan fingerprint density at radius 3 is 2.92 bits per heavy atom. The van der Waals surface area contributed by atoms with Crippen LogP contribution in [0.15, 0.2) is 24.3 Å². The van der Waals surface area contributed by atoms with Gasteiger partial charge in [0.05, 0.1) is 0 Å². The summed E-state index contributed by atoms with van der Waals surface area (Å²) in [6, 6.07) is 6.33. The topological polar surface area (TPSA) is 9.23 Å². The van der Waals surface area contributed by atoms with E-state index in [-0.39, 0.29) is 0 Å². The van der Waals surface area contributed by atoms with Gasteiger partial charge in [-0.1, -0.05) is 38.1 Å². The summed E-state index contributed by atoms with van der Waals surface area (Å²) >= 11 is 0. The predicted molar refractivity (Wildman–Crippen MR) is 55.1 cm³/mol. The second kappa shape index (κ2) is 3.25. The molecule has 0 aromatic heterocycles. The fourth-order valence-electron chi connectivity index (χ4n) is 1.63. The largest absolute Gasteiger partial charge is 0.489 e. The Kier molecular flexibility index (Phi) is 2.09. The van der Waals surface area contributed by atoms with Gasteiger partial charge in [0.1, 0.15) is 12.4 Å². The highest BCUT2D eigenvalue weighted by Crippen LogP contribution is 2.32. The van der Waals surface area contributed by atoms with Gasteiger partial charge in [-0.05, 0) is 17.6 Å². The maximum absolute atomic E-state index is 5.63. The number of fused-ring (bicyclic) bond motifs is 1. The summed E-state index contributed by atoms with van der Waals surface area (Å²) in [5.74, 6) is 1.60. The SMILES string of the molecule is CC(C)c1cccc2c1OCC=C2. The van der Waals surface area contributed by atoms with Crippen molar-refractivity contribution in [3.8, 4) is 5.75 Å². The number of para-hydroxylation sites is 1. The zero-order valence-corrected chi connectivity index (χ0v) is 8.08. The zero-order chi connectivity index (χ0) is 9.26. The molecule has 0 amide bonds. The van der Waals surface area contributed by atoms with Crippen molar-refractivity contribution in [3.63, 3.8) is 0 Å². The first-order chi connectivity index (χ1) is 6.29. The molecule has 0 unspecified atom stereocenters. The molecule has 1 aromatic carbocycles. The lowest BCUT2D eigenvalue weighted by Crippen LogP contribution is -2.04. The van der Waals surface area contributed by atoms with E-state index in [9.17, 15) is 0 Å². The Hall–Kier alpha value is -1.24. The van der Waals surface area contributed by atoms with Crippen LogP contribution in [0.3, 0.4) is 0 Å². The van der Waals surface area contributed by atoms with Crippen LogP contribution in [-0.4, -0.2) is 6.61 Å². The normalized spacial score (nSPS) is 14.1. The van der Waals surface area contributed by atoms with Crippen LogP contribution < -0.4 is 4.74 Å². The summed E-state index contributed by atoms with van der Waals surface area (Å²) in [5, 5.41) is 0. The number of hydrogen-bond acceptors (Lipinski definition) is 1. The second-order valence-electron chi connectivity index (χ2n) is 3.63. The fourth-order valence-corrected chi connectivity index (χ4v) is 1.63. The summed E-state index contributed by atoms with van der Waals surface area (Å²) in [6.07, 6.45) is 4.18. The third-order valence-electron chi connectivity index (χ3n) is 2.32. The van der Waals surface area contributed by atoms with Crippen LogP contribution in [0, 0.1) is 0 Å². The molecule has 13 heavy (non-hydrogen) atoms. The number of benzene rings is 1. The highest BCUT2D eigenvalue weighted by Gasteiger charge is 2.12. The van der Waals surface area contributed by atoms with Gasteiger partial charge >= 0.3 is 0 Å². The molecule has 0 atom stereocenters. The Morgan fingerprint density at radius 1 is 1.31 bits per heavy atom. The summed E-state index contributed by atoms with van der Waals surface area (Å²) in [5.41, 5.74) is 2.51. The minimum atomic E-state index is 0.529. The molecule has 0 bridgehead atoms. The van der Waals surface area contributed by atoms with Crippen molar-refractivity contribution in [2.24, 2.45) is 0 Å². The minimum Gasteiger partial charge on any atom is -0.489 e. The Balaban J connectivity index is 2.53. The van der Waals surface area contributed by atoms with Crippen LogP contribution in [0.2, 0.25) is 0 Å². The van der Waals surface area contributed by atoms with E-state index >= 15 is 0 Å². The highest BCUT2D eigenvalue weighted by molar-refractivity contribution is 5.62. The lowest BCUT2D eigenvalue weighted by atomic mass is 9.98. The molecule has 1 aliphatic rings. The third kappa shape index (κ3) is 1.46. The summed E-state index contributed by atoms with van der Waals surface area (Å²) in [4.78, 5) is 0. The number of hydrogen-bond donors (Lipinski definition) is 0. The number of ether oxygens (including phenoxy) is 1. The molecule has 0 radical (unpaired) electrons. The van der Waals surface area contributed by atoms with Crippen molar-refractivity contribution < 1.29 is 4.74 Å². The lowest BCUT2D eigenvalue weighted by molar-refractivity contribution is 0.353. The van der Waals surface area contributed by atoms with Crippen molar-refractivity contribution >= 4 is 6.08 Å². The lowest BCUT2D eigenvalue weighted by Gasteiger charge is -2.18. The maximum Gasteiger partial charge on any atom is 0.130 e. The van der Waals surface area contributed by atoms with E-state index in [0.29, 0.717) is 12.5 Å². The predicted octanol–water partition coefficient (Wildman–Crippen LogP) is 3.22. The van der Waals surface area contributed by atoms with Crippen molar-refractivity contribution in [1.82, 2.24) is 0 Å². The Bertz CT molecular complexity index is 337. The zero-order valence-electron chi connectivity index (χ0n) is 8.08. The minimum absolute atomic E-state index is 0.529. The molecule has 0 saturated carbocycles. The summed E-state index contributed by atoms with van der Waals surface area (Å²) in [7, 11) is 0. The van der Waals surface area contributed by atoms with Crippen molar-refractivity contribution in [2.45, 2.75) is 19.8 Å². The fraction of sp³-hybridized carbons (Fsp3) is 0.333. The first-order valence-corrected chi connectivity index (χ1v) is 4.71. The van der Waals surface area contributed by atoms with Gasteiger partial charge in [-0.25, -0.2) is 0 Å². The quantitative estimate of drug-likeness (QED) is 0.635. The van der Waals surface area contributed by atoms with E-state index in [4.69, 9.17) is 4.74 Å². The van der Waals surface area contributed by atoms with Gasteiger partial charge in [0, 0.05) is 5.56 Å². The first-order valence-electron chi connectivity index (χ1n) is 4.71. The van der Waals surface area contributed by atoms with Gasteiger partial charge in [0.2, 0.25) is 0 Å². The summed E-state index contributed by atoms with van der Waals surface area (Å²) < 4.78 is 5.63. The molecule has 0 fully saturated rings. The van der Waals surface area contributed by atoms with E-state index < -0.39 is 0 Å². The van der Waals surface area contributed by atoms with Gasteiger partial charge in [0.25, 0.3) is 0 Å². The summed E-state index contributed by atoms with van der Waals surface area (Å²) in [6.45, 7) is 5.09. The van der Waals surface area contributed by atoms with Gasteiger partial charge < -0.3 is 4.74 Å². The molecule has 0 aliphatic carbocycles. The van der Waals surface area contributed by atoms with E-state index in [1.165, 1.54) is 11.1 Å². The third-order valence-corrected chi connectivity index (χ3v) is 2.32. The average Bonchev–Trinajstić information content (AvgIpc) is 2.17. The molecule has 0 spiro atoms. The number of rotatable bonds is 1. The van der Waals surface area contributed by atoms with Gasteiger partial charge in [-0.15, -0.1) is 0 Å². The van der Waals surface area contributed by atoms with Crippen LogP contribution in [0.4, 0.5) is 0 Å². The van der Waals surface area contributed by atoms with Gasteiger partial charge in [-0.2, -0.15) is 0 Å². The van der Waals surface area contributed by atoms with E-state index in [2.05, 4.69) is 38.1 Å². The van der Waals surface area contributed by atoms with Crippen molar-refractivity contribution in [3.05, 3.63) is 35.4 Å². The molecular formula is C12H14O. The second-order valence-corrected chi connectivity index (χ2v) is 3.63. The van der Waals surface area contributed by atoms with Crippen LogP contribution in [0.5, 0.6) is 5.75 Å². The molecule has 1 aliphatic heterocycles. The van der Waals surface area contributed by atoms with Crippen LogP contribution >= 0.6 is 0 Å². The maximum atomic E-state index is 5.63. The molecule has 1 nitrogen and oxygen atoms in total. The molecule has 2 rings (SSSR count). The van der Waals surface area contributed by atoms with Crippen LogP contribution in [-0.2, 0) is 0 Å². The van der Waals surface area contributed by atoms with Crippen molar-refractivity contribution in [2.75, 3.05) is 6.61 Å². The molecule has 0 saturated heterocycles. The van der Waals surface area contributed by atoms with Crippen molar-refractivity contribution in [1.29, 1.82) is 0 Å². The van der Waals surface area contributed by atoms with Crippen LogP contribution in [0.25, 0.3) is 6.08 Å². The monoisotopic (exact) mass is 174 g/mol. The van der Waals surface area contributed by atoms with Gasteiger partial charge in [-0.3, -0.25) is 0 Å².